The number of hydrogen-bond acceptors (Lipinski definition) is 3. The average molecular weight is 289 g/mol. The lowest BCUT2D eigenvalue weighted by atomic mass is 10.0. The second kappa shape index (κ2) is 8.15. The van der Waals surface area contributed by atoms with Crippen molar-refractivity contribution < 1.29 is 4.79 Å². The second-order valence-corrected chi connectivity index (χ2v) is 5.78. The molecule has 0 spiro atoms. The molecule has 4 nitrogen and oxygen atoms in total. The first-order valence-corrected chi connectivity index (χ1v) is 8.01. The molecule has 0 aromatic heterocycles. The average Bonchev–Trinajstić information content (AvgIpc) is 2.54. The molecule has 1 fully saturated rings. The Labute approximate surface area is 127 Å². The largest absolute Gasteiger partial charge is 0.340 e. The number of piperazine rings is 1. The Morgan fingerprint density at radius 2 is 1.86 bits per heavy atom. The lowest BCUT2D eigenvalue weighted by molar-refractivity contribution is -0.133. The topological polar surface area (TPSA) is 49.6 Å². The monoisotopic (exact) mass is 289 g/mol. The van der Waals surface area contributed by atoms with Crippen molar-refractivity contribution in [1.82, 2.24) is 9.80 Å². The molecule has 2 N–H and O–H groups in total. The van der Waals surface area contributed by atoms with E-state index in [-0.39, 0.29) is 11.9 Å². The summed E-state index contributed by atoms with van der Waals surface area (Å²) in [6, 6.07) is 9.97. The molecule has 1 unspecified atom stereocenters. The van der Waals surface area contributed by atoms with Gasteiger partial charge in [-0.05, 0) is 24.9 Å². The summed E-state index contributed by atoms with van der Waals surface area (Å²) in [4.78, 5) is 16.7. The molecule has 2 rings (SSSR count). The first-order valence-electron chi connectivity index (χ1n) is 8.01. The zero-order chi connectivity index (χ0) is 15.1. The van der Waals surface area contributed by atoms with Gasteiger partial charge < -0.3 is 10.6 Å². The smallest absolute Gasteiger partial charge is 0.222 e. The van der Waals surface area contributed by atoms with Crippen LogP contribution in [0.5, 0.6) is 0 Å². The third-order valence-electron chi connectivity index (χ3n) is 4.16. The Balaban J connectivity index is 1.73. The highest BCUT2D eigenvalue weighted by Gasteiger charge is 2.20. The molecule has 1 amide bonds. The fourth-order valence-electron chi connectivity index (χ4n) is 2.84. The van der Waals surface area contributed by atoms with Gasteiger partial charge in [0.25, 0.3) is 0 Å². The lowest BCUT2D eigenvalue weighted by Crippen LogP contribution is -2.48. The van der Waals surface area contributed by atoms with Crippen molar-refractivity contribution in [2.24, 2.45) is 5.73 Å². The number of carbonyl (C=O) groups excluding carboxylic acids is 1. The van der Waals surface area contributed by atoms with Gasteiger partial charge in [-0.25, -0.2) is 0 Å². The summed E-state index contributed by atoms with van der Waals surface area (Å²) < 4.78 is 0. The first-order chi connectivity index (χ1) is 10.2. The highest BCUT2D eigenvalue weighted by molar-refractivity contribution is 5.76. The number of hydrogen-bond donors (Lipinski definition) is 1. The van der Waals surface area contributed by atoms with Gasteiger partial charge in [-0.15, -0.1) is 0 Å². The van der Waals surface area contributed by atoms with E-state index in [4.69, 9.17) is 5.73 Å². The Hall–Kier alpha value is -1.39. The van der Waals surface area contributed by atoms with Crippen LogP contribution in [0.4, 0.5) is 0 Å². The van der Waals surface area contributed by atoms with Crippen LogP contribution in [0.15, 0.2) is 30.3 Å². The van der Waals surface area contributed by atoms with Gasteiger partial charge in [0.1, 0.15) is 0 Å². The van der Waals surface area contributed by atoms with Crippen LogP contribution in [0.2, 0.25) is 0 Å². The molecule has 1 aliphatic heterocycles. The minimum absolute atomic E-state index is 0.0449. The van der Waals surface area contributed by atoms with Crippen molar-refractivity contribution in [3.05, 3.63) is 35.9 Å². The van der Waals surface area contributed by atoms with Gasteiger partial charge in [0.2, 0.25) is 5.91 Å². The van der Waals surface area contributed by atoms with Crippen molar-refractivity contribution in [2.45, 2.75) is 32.2 Å². The molecule has 1 saturated heterocycles. The predicted octanol–water partition coefficient (Wildman–Crippen LogP) is 2.02. The normalized spacial score (nSPS) is 17.7. The van der Waals surface area contributed by atoms with Crippen LogP contribution in [0.3, 0.4) is 0 Å². The van der Waals surface area contributed by atoms with Gasteiger partial charge in [0.05, 0.1) is 0 Å². The molecule has 21 heavy (non-hydrogen) atoms. The maximum Gasteiger partial charge on any atom is 0.222 e. The third-order valence-corrected chi connectivity index (χ3v) is 4.16. The number of nitrogens with zero attached hydrogens (tertiary/aromatic N) is 2. The van der Waals surface area contributed by atoms with Crippen molar-refractivity contribution in [3.8, 4) is 0 Å². The van der Waals surface area contributed by atoms with Crippen LogP contribution in [0, 0.1) is 0 Å². The Morgan fingerprint density at radius 3 is 2.48 bits per heavy atom. The Kier molecular flexibility index (Phi) is 6.21. The van der Waals surface area contributed by atoms with Gasteiger partial charge in [0.15, 0.2) is 0 Å². The third kappa shape index (κ3) is 4.83. The van der Waals surface area contributed by atoms with E-state index in [1.807, 2.05) is 35.2 Å². The molecular weight excluding hydrogens is 262 g/mol. The van der Waals surface area contributed by atoms with Crippen LogP contribution in [0.1, 0.15) is 37.8 Å². The predicted molar refractivity (Wildman–Crippen MR) is 85.9 cm³/mol. The molecule has 0 aliphatic carbocycles. The van der Waals surface area contributed by atoms with E-state index in [2.05, 4.69) is 11.8 Å². The van der Waals surface area contributed by atoms with Gasteiger partial charge >= 0.3 is 0 Å². The summed E-state index contributed by atoms with van der Waals surface area (Å²) in [5, 5.41) is 0. The summed E-state index contributed by atoms with van der Waals surface area (Å²) >= 11 is 0. The van der Waals surface area contributed by atoms with E-state index in [9.17, 15) is 4.79 Å². The molecule has 1 aliphatic rings. The molecule has 0 radical (unpaired) electrons. The van der Waals surface area contributed by atoms with E-state index in [1.165, 1.54) is 6.42 Å². The number of carbonyl (C=O) groups is 1. The summed E-state index contributed by atoms with van der Waals surface area (Å²) in [5.74, 6) is 0.248. The zero-order valence-corrected chi connectivity index (χ0v) is 13.0. The Morgan fingerprint density at radius 1 is 1.19 bits per heavy atom. The van der Waals surface area contributed by atoms with Gasteiger partial charge in [0, 0.05) is 38.6 Å². The molecular formula is C17H27N3O. The van der Waals surface area contributed by atoms with Gasteiger partial charge in [-0.1, -0.05) is 37.3 Å². The van der Waals surface area contributed by atoms with Crippen LogP contribution < -0.4 is 5.73 Å². The minimum Gasteiger partial charge on any atom is -0.340 e. The molecule has 4 heteroatoms. The van der Waals surface area contributed by atoms with Crippen LogP contribution >= 0.6 is 0 Å². The number of amides is 1. The van der Waals surface area contributed by atoms with E-state index in [0.29, 0.717) is 6.42 Å². The number of benzene rings is 1. The fraction of sp³-hybridized carbons (Fsp3) is 0.588. The summed E-state index contributed by atoms with van der Waals surface area (Å²) in [7, 11) is 0. The lowest BCUT2D eigenvalue weighted by Gasteiger charge is -2.34. The molecule has 1 atom stereocenters. The molecule has 1 aromatic rings. The van der Waals surface area contributed by atoms with E-state index >= 15 is 0 Å². The molecule has 116 valence electrons. The van der Waals surface area contributed by atoms with Crippen LogP contribution in [0.25, 0.3) is 0 Å². The van der Waals surface area contributed by atoms with E-state index in [1.54, 1.807) is 0 Å². The molecule has 0 saturated carbocycles. The number of rotatable bonds is 6. The van der Waals surface area contributed by atoms with Crippen molar-refractivity contribution >= 4 is 5.91 Å². The summed E-state index contributed by atoms with van der Waals surface area (Å²) in [6.45, 7) is 7.07. The number of nitrogens with two attached hydrogens (primary N) is 1. The van der Waals surface area contributed by atoms with E-state index < -0.39 is 0 Å². The standard InChI is InChI=1S/C17H27N3O/c1-2-10-19-11-13-20(14-12-19)17(21)9-8-16(18)15-6-4-3-5-7-15/h3-7,16H,2,8-14,18H2,1H3. The zero-order valence-electron chi connectivity index (χ0n) is 13.0. The Bertz CT molecular complexity index is 427. The van der Waals surface area contributed by atoms with Crippen LogP contribution in [-0.2, 0) is 4.79 Å². The highest BCUT2D eigenvalue weighted by atomic mass is 16.2. The van der Waals surface area contributed by atoms with E-state index in [0.717, 1.165) is 44.7 Å². The molecule has 1 heterocycles. The quantitative estimate of drug-likeness (QED) is 0.871. The fourth-order valence-corrected chi connectivity index (χ4v) is 2.84. The molecule has 1 aromatic carbocycles. The van der Waals surface area contributed by atoms with Crippen molar-refractivity contribution in [1.29, 1.82) is 0 Å². The first kappa shape index (κ1) is 16.0. The SMILES string of the molecule is CCCN1CCN(C(=O)CCC(N)c2ccccc2)CC1. The summed E-state index contributed by atoms with van der Waals surface area (Å²) in [5.41, 5.74) is 7.26. The summed E-state index contributed by atoms with van der Waals surface area (Å²) in [6.07, 6.45) is 2.45. The molecule has 0 bridgehead atoms. The maximum atomic E-state index is 12.3. The van der Waals surface area contributed by atoms with Crippen molar-refractivity contribution in [2.75, 3.05) is 32.7 Å². The maximum absolute atomic E-state index is 12.3. The second-order valence-electron chi connectivity index (χ2n) is 5.78. The van der Waals surface area contributed by atoms with Crippen molar-refractivity contribution in [3.63, 3.8) is 0 Å². The van der Waals surface area contributed by atoms with Crippen LogP contribution in [-0.4, -0.2) is 48.4 Å². The highest BCUT2D eigenvalue weighted by Crippen LogP contribution is 2.16. The minimum atomic E-state index is -0.0449. The van der Waals surface area contributed by atoms with Gasteiger partial charge in [-0.2, -0.15) is 0 Å². The van der Waals surface area contributed by atoms with Gasteiger partial charge in [-0.3, -0.25) is 9.69 Å².